The summed E-state index contributed by atoms with van der Waals surface area (Å²) in [6.45, 7) is 3.28. The standard InChI is InChI=1S/C11H18BrN5/c1-7-3-2-4-8(7)5-14-10-9(12)6-15-11(16-10)17-13/h6-8H,2-5,13H2,1H3,(H2,14,15,16,17). The third-order valence-corrected chi connectivity index (χ3v) is 4.02. The van der Waals surface area contributed by atoms with Gasteiger partial charge in [-0.05, 0) is 34.2 Å². The average molecular weight is 300 g/mol. The predicted molar refractivity (Wildman–Crippen MR) is 72.5 cm³/mol. The number of hydrogen-bond acceptors (Lipinski definition) is 5. The molecule has 1 aromatic heterocycles. The number of hydrazine groups is 1. The second kappa shape index (κ2) is 5.64. The van der Waals surface area contributed by atoms with Gasteiger partial charge in [0, 0.05) is 12.7 Å². The molecule has 0 aromatic carbocycles. The van der Waals surface area contributed by atoms with Gasteiger partial charge in [-0.25, -0.2) is 10.8 Å². The van der Waals surface area contributed by atoms with Crippen LogP contribution in [0.5, 0.6) is 0 Å². The van der Waals surface area contributed by atoms with Gasteiger partial charge in [-0.2, -0.15) is 4.98 Å². The molecule has 2 rings (SSSR count). The first-order valence-corrected chi connectivity index (χ1v) is 6.73. The summed E-state index contributed by atoms with van der Waals surface area (Å²) in [6.07, 6.45) is 5.68. The number of aromatic nitrogens is 2. The van der Waals surface area contributed by atoms with E-state index in [2.05, 4.69) is 43.6 Å². The molecule has 6 heteroatoms. The van der Waals surface area contributed by atoms with Crippen molar-refractivity contribution in [3.63, 3.8) is 0 Å². The lowest BCUT2D eigenvalue weighted by Gasteiger charge is -2.17. The Bertz CT molecular complexity index is 384. The average Bonchev–Trinajstić information content (AvgIpc) is 2.74. The number of anilines is 2. The summed E-state index contributed by atoms with van der Waals surface area (Å²) in [5.74, 6) is 8.06. The fraction of sp³-hybridized carbons (Fsp3) is 0.636. The molecule has 1 aliphatic rings. The summed E-state index contributed by atoms with van der Waals surface area (Å²) in [7, 11) is 0. The predicted octanol–water partition coefficient (Wildman–Crippen LogP) is 2.37. The van der Waals surface area contributed by atoms with Gasteiger partial charge >= 0.3 is 0 Å². The van der Waals surface area contributed by atoms with Crippen molar-refractivity contribution in [2.75, 3.05) is 17.3 Å². The second-order valence-electron chi connectivity index (χ2n) is 4.58. The minimum Gasteiger partial charge on any atom is -0.369 e. The molecule has 0 spiro atoms. The molecule has 1 aliphatic carbocycles. The Kier molecular flexibility index (Phi) is 4.17. The Morgan fingerprint density at radius 1 is 1.53 bits per heavy atom. The third kappa shape index (κ3) is 3.07. The molecule has 1 saturated carbocycles. The van der Waals surface area contributed by atoms with Gasteiger partial charge in [-0.3, -0.25) is 5.43 Å². The van der Waals surface area contributed by atoms with Crippen molar-refractivity contribution in [1.29, 1.82) is 0 Å². The Balaban J connectivity index is 1.98. The summed E-state index contributed by atoms with van der Waals surface area (Å²) < 4.78 is 0.863. The minimum atomic E-state index is 0.426. The van der Waals surface area contributed by atoms with Gasteiger partial charge in [0.25, 0.3) is 0 Å². The van der Waals surface area contributed by atoms with Crippen LogP contribution in [0.3, 0.4) is 0 Å². The summed E-state index contributed by atoms with van der Waals surface area (Å²) in [6, 6.07) is 0. The van der Waals surface area contributed by atoms with Gasteiger partial charge in [0.05, 0.1) is 4.47 Å². The van der Waals surface area contributed by atoms with Gasteiger partial charge < -0.3 is 5.32 Å². The maximum Gasteiger partial charge on any atom is 0.239 e. The zero-order valence-corrected chi connectivity index (χ0v) is 11.5. The molecule has 17 heavy (non-hydrogen) atoms. The number of nitrogens with one attached hydrogen (secondary N) is 2. The Labute approximate surface area is 110 Å². The van der Waals surface area contributed by atoms with E-state index in [9.17, 15) is 0 Å². The maximum atomic E-state index is 5.29. The van der Waals surface area contributed by atoms with Gasteiger partial charge in [-0.1, -0.05) is 19.8 Å². The lowest BCUT2D eigenvalue weighted by molar-refractivity contribution is 0.439. The molecule has 0 bridgehead atoms. The highest BCUT2D eigenvalue weighted by Crippen LogP contribution is 2.31. The molecule has 94 valence electrons. The van der Waals surface area contributed by atoms with Crippen LogP contribution in [0, 0.1) is 11.8 Å². The normalized spacial score (nSPS) is 23.7. The summed E-state index contributed by atoms with van der Waals surface area (Å²) in [5, 5.41) is 3.37. The van der Waals surface area contributed by atoms with Crippen molar-refractivity contribution in [3.8, 4) is 0 Å². The zero-order valence-electron chi connectivity index (χ0n) is 9.91. The smallest absolute Gasteiger partial charge is 0.239 e. The second-order valence-corrected chi connectivity index (χ2v) is 5.44. The molecule has 1 fully saturated rings. The van der Waals surface area contributed by atoms with E-state index < -0.39 is 0 Å². The van der Waals surface area contributed by atoms with E-state index in [1.54, 1.807) is 6.20 Å². The van der Waals surface area contributed by atoms with Gasteiger partial charge in [0.1, 0.15) is 5.82 Å². The number of halogens is 1. The largest absolute Gasteiger partial charge is 0.369 e. The lowest BCUT2D eigenvalue weighted by atomic mass is 9.98. The highest BCUT2D eigenvalue weighted by molar-refractivity contribution is 9.10. The number of nitrogens with two attached hydrogens (primary N) is 1. The molecule has 4 N–H and O–H groups in total. The van der Waals surface area contributed by atoms with E-state index in [0.717, 1.165) is 28.7 Å². The minimum absolute atomic E-state index is 0.426. The van der Waals surface area contributed by atoms with Crippen LogP contribution in [-0.4, -0.2) is 16.5 Å². The monoisotopic (exact) mass is 299 g/mol. The van der Waals surface area contributed by atoms with E-state index in [-0.39, 0.29) is 0 Å². The molecule has 0 radical (unpaired) electrons. The van der Waals surface area contributed by atoms with Crippen LogP contribution in [0.4, 0.5) is 11.8 Å². The first kappa shape index (κ1) is 12.6. The first-order chi connectivity index (χ1) is 8.20. The molecule has 2 unspecified atom stereocenters. The summed E-state index contributed by atoms with van der Waals surface area (Å²) in [5.41, 5.74) is 2.45. The quantitative estimate of drug-likeness (QED) is 0.588. The van der Waals surface area contributed by atoms with Gasteiger partial charge in [0.15, 0.2) is 0 Å². The van der Waals surface area contributed by atoms with E-state index >= 15 is 0 Å². The van der Waals surface area contributed by atoms with Gasteiger partial charge in [-0.15, -0.1) is 0 Å². The molecular formula is C11H18BrN5. The van der Waals surface area contributed by atoms with E-state index in [1.165, 1.54) is 19.3 Å². The van der Waals surface area contributed by atoms with Crippen LogP contribution in [0.15, 0.2) is 10.7 Å². The summed E-state index contributed by atoms with van der Waals surface area (Å²) in [4.78, 5) is 8.29. The van der Waals surface area contributed by atoms with Crippen LogP contribution in [0.2, 0.25) is 0 Å². The van der Waals surface area contributed by atoms with Crippen molar-refractivity contribution >= 4 is 27.7 Å². The Hall–Kier alpha value is -0.880. The van der Waals surface area contributed by atoms with E-state index in [0.29, 0.717) is 5.95 Å². The van der Waals surface area contributed by atoms with Crippen LogP contribution < -0.4 is 16.6 Å². The van der Waals surface area contributed by atoms with Crippen LogP contribution in [0.25, 0.3) is 0 Å². The summed E-state index contributed by atoms with van der Waals surface area (Å²) >= 11 is 3.43. The molecule has 0 aliphatic heterocycles. The van der Waals surface area contributed by atoms with E-state index in [4.69, 9.17) is 5.84 Å². The number of hydrogen-bond donors (Lipinski definition) is 3. The Morgan fingerprint density at radius 3 is 3.00 bits per heavy atom. The van der Waals surface area contributed by atoms with Crippen LogP contribution in [0.1, 0.15) is 26.2 Å². The van der Waals surface area contributed by atoms with E-state index in [1.807, 2.05) is 0 Å². The lowest BCUT2D eigenvalue weighted by Crippen LogP contribution is -2.18. The van der Waals surface area contributed by atoms with Crippen molar-refractivity contribution in [1.82, 2.24) is 9.97 Å². The number of nitrogen functional groups attached to an aromatic ring is 1. The molecule has 0 amide bonds. The zero-order chi connectivity index (χ0) is 12.3. The Morgan fingerprint density at radius 2 is 2.35 bits per heavy atom. The highest BCUT2D eigenvalue weighted by Gasteiger charge is 2.23. The molecule has 0 saturated heterocycles. The molecule has 1 heterocycles. The van der Waals surface area contributed by atoms with Gasteiger partial charge in [0.2, 0.25) is 5.95 Å². The maximum absolute atomic E-state index is 5.29. The fourth-order valence-electron chi connectivity index (χ4n) is 2.31. The molecule has 1 aromatic rings. The number of nitrogens with zero attached hydrogens (tertiary/aromatic N) is 2. The molecule has 2 atom stereocenters. The van der Waals surface area contributed by atoms with Crippen LogP contribution in [-0.2, 0) is 0 Å². The fourth-order valence-corrected chi connectivity index (χ4v) is 2.65. The SMILES string of the molecule is CC1CCCC1CNc1nc(NN)ncc1Br. The molecule has 5 nitrogen and oxygen atoms in total. The topological polar surface area (TPSA) is 75.9 Å². The first-order valence-electron chi connectivity index (χ1n) is 5.93. The van der Waals surface area contributed by atoms with Crippen molar-refractivity contribution in [2.45, 2.75) is 26.2 Å². The number of rotatable bonds is 4. The third-order valence-electron chi connectivity index (χ3n) is 3.44. The highest BCUT2D eigenvalue weighted by atomic mass is 79.9. The molecular weight excluding hydrogens is 282 g/mol. The van der Waals surface area contributed by atoms with Crippen molar-refractivity contribution in [2.24, 2.45) is 17.7 Å². The van der Waals surface area contributed by atoms with Crippen molar-refractivity contribution < 1.29 is 0 Å². The van der Waals surface area contributed by atoms with Crippen LogP contribution >= 0.6 is 15.9 Å². The van der Waals surface area contributed by atoms with Crippen molar-refractivity contribution in [3.05, 3.63) is 10.7 Å².